The van der Waals surface area contributed by atoms with E-state index in [0.717, 1.165) is 4.90 Å². The highest BCUT2D eigenvalue weighted by molar-refractivity contribution is 6.13. The molecule has 10 nitrogen and oxygen atoms in total. The highest BCUT2D eigenvalue weighted by Crippen LogP contribution is 2.20. The molecule has 1 fully saturated rings. The zero-order valence-electron chi connectivity index (χ0n) is 15.0. The SMILES string of the molecule is NC(=O)COc1ccc(/C=C2\NC(=O)N(Cc3ccc([N+](=O)[O-])cc3)C2=O)cc1. The molecule has 1 aliphatic rings. The lowest BCUT2D eigenvalue weighted by molar-refractivity contribution is -0.384. The van der Waals surface area contributed by atoms with Crippen LogP contribution in [0.2, 0.25) is 0 Å². The number of imide groups is 1. The Hall–Kier alpha value is -4.21. The Labute approximate surface area is 164 Å². The van der Waals surface area contributed by atoms with Crippen LogP contribution in [0.1, 0.15) is 11.1 Å². The van der Waals surface area contributed by atoms with Crippen LogP contribution >= 0.6 is 0 Å². The number of benzene rings is 2. The first-order valence-corrected chi connectivity index (χ1v) is 8.42. The van der Waals surface area contributed by atoms with E-state index in [1.165, 1.54) is 30.3 Å². The highest BCUT2D eigenvalue weighted by Gasteiger charge is 2.33. The number of amides is 4. The monoisotopic (exact) mass is 396 g/mol. The summed E-state index contributed by atoms with van der Waals surface area (Å²) in [5, 5.41) is 13.2. The van der Waals surface area contributed by atoms with Gasteiger partial charge in [-0.25, -0.2) is 4.79 Å². The van der Waals surface area contributed by atoms with Crippen molar-refractivity contribution in [2.45, 2.75) is 6.54 Å². The van der Waals surface area contributed by atoms with Gasteiger partial charge in [0, 0.05) is 12.1 Å². The first-order valence-electron chi connectivity index (χ1n) is 8.42. The van der Waals surface area contributed by atoms with Gasteiger partial charge in [-0.05, 0) is 29.3 Å². The van der Waals surface area contributed by atoms with Gasteiger partial charge in [-0.1, -0.05) is 24.3 Å². The Morgan fingerprint density at radius 2 is 1.79 bits per heavy atom. The number of primary amides is 1. The third-order valence-corrected chi connectivity index (χ3v) is 4.02. The maximum atomic E-state index is 12.5. The maximum absolute atomic E-state index is 12.5. The largest absolute Gasteiger partial charge is 0.484 e. The lowest BCUT2D eigenvalue weighted by Gasteiger charge is -2.11. The molecule has 0 saturated carbocycles. The van der Waals surface area contributed by atoms with Gasteiger partial charge in [-0.15, -0.1) is 0 Å². The van der Waals surface area contributed by atoms with Gasteiger partial charge >= 0.3 is 6.03 Å². The van der Waals surface area contributed by atoms with E-state index < -0.39 is 22.8 Å². The molecular weight excluding hydrogens is 380 g/mol. The second-order valence-corrected chi connectivity index (χ2v) is 6.13. The molecule has 1 saturated heterocycles. The smallest absolute Gasteiger partial charge is 0.329 e. The fourth-order valence-electron chi connectivity index (χ4n) is 2.60. The maximum Gasteiger partial charge on any atom is 0.329 e. The Morgan fingerprint density at radius 3 is 2.38 bits per heavy atom. The summed E-state index contributed by atoms with van der Waals surface area (Å²) in [6.07, 6.45) is 1.51. The van der Waals surface area contributed by atoms with Gasteiger partial charge in [0.25, 0.3) is 17.5 Å². The molecule has 3 N–H and O–H groups in total. The van der Waals surface area contributed by atoms with Crippen molar-refractivity contribution in [3.63, 3.8) is 0 Å². The molecule has 29 heavy (non-hydrogen) atoms. The molecule has 10 heteroatoms. The van der Waals surface area contributed by atoms with Crippen molar-refractivity contribution in [3.8, 4) is 5.75 Å². The molecule has 0 atom stereocenters. The van der Waals surface area contributed by atoms with E-state index in [0.29, 0.717) is 16.9 Å². The summed E-state index contributed by atoms with van der Waals surface area (Å²) >= 11 is 0. The topological polar surface area (TPSA) is 145 Å². The number of hydrogen-bond acceptors (Lipinski definition) is 6. The van der Waals surface area contributed by atoms with Crippen LogP contribution in [0.5, 0.6) is 5.75 Å². The van der Waals surface area contributed by atoms with Gasteiger partial charge in [0.2, 0.25) is 0 Å². The summed E-state index contributed by atoms with van der Waals surface area (Å²) < 4.78 is 5.15. The number of non-ortho nitro benzene ring substituents is 1. The van der Waals surface area contributed by atoms with Crippen LogP contribution < -0.4 is 15.8 Å². The van der Waals surface area contributed by atoms with E-state index in [2.05, 4.69) is 5.32 Å². The van der Waals surface area contributed by atoms with Crippen molar-refractivity contribution in [1.82, 2.24) is 10.2 Å². The zero-order chi connectivity index (χ0) is 21.0. The van der Waals surface area contributed by atoms with E-state index >= 15 is 0 Å². The summed E-state index contributed by atoms with van der Waals surface area (Å²) in [6, 6.07) is 11.5. The number of hydrogen-bond donors (Lipinski definition) is 2. The van der Waals surface area contributed by atoms with Crippen molar-refractivity contribution in [2.24, 2.45) is 5.73 Å². The molecule has 0 spiro atoms. The number of nitrogens with zero attached hydrogens (tertiary/aromatic N) is 2. The van der Waals surface area contributed by atoms with Crippen LogP contribution in [0.4, 0.5) is 10.5 Å². The Balaban J connectivity index is 1.69. The first kappa shape index (κ1) is 19.5. The quantitative estimate of drug-likeness (QED) is 0.314. The van der Waals surface area contributed by atoms with E-state index in [4.69, 9.17) is 10.5 Å². The van der Waals surface area contributed by atoms with Gasteiger partial charge in [-0.3, -0.25) is 24.6 Å². The average molecular weight is 396 g/mol. The average Bonchev–Trinajstić information content (AvgIpc) is 2.95. The molecule has 4 amide bonds. The molecule has 0 unspecified atom stereocenters. The molecule has 2 aromatic carbocycles. The van der Waals surface area contributed by atoms with Crippen LogP contribution in [0.25, 0.3) is 6.08 Å². The molecule has 0 aliphatic carbocycles. The Morgan fingerprint density at radius 1 is 1.14 bits per heavy atom. The van der Waals surface area contributed by atoms with Crippen molar-refractivity contribution in [3.05, 3.63) is 75.5 Å². The minimum absolute atomic E-state index is 0.0140. The van der Waals surface area contributed by atoms with E-state index in [1.807, 2.05) is 0 Å². The second kappa shape index (κ2) is 8.21. The predicted molar refractivity (Wildman–Crippen MR) is 101 cm³/mol. The zero-order valence-corrected chi connectivity index (χ0v) is 15.0. The Bertz CT molecular complexity index is 998. The highest BCUT2D eigenvalue weighted by atomic mass is 16.6. The van der Waals surface area contributed by atoms with Gasteiger partial charge in [0.05, 0.1) is 11.5 Å². The fraction of sp³-hybridized carbons (Fsp3) is 0.105. The van der Waals surface area contributed by atoms with Crippen LogP contribution in [-0.4, -0.2) is 34.3 Å². The number of carbonyl (C=O) groups excluding carboxylic acids is 3. The standard InChI is InChI=1S/C19H16N4O6/c20-17(24)11-29-15-7-3-12(4-8-15)9-16-18(25)22(19(26)21-16)10-13-1-5-14(6-2-13)23(27)28/h1-9H,10-11H2,(H2,20,24)(H,21,26)/b16-9-. The lowest BCUT2D eigenvalue weighted by Crippen LogP contribution is -2.30. The normalized spacial score (nSPS) is 14.8. The number of urea groups is 1. The molecule has 0 bridgehead atoms. The molecule has 1 heterocycles. The number of rotatable bonds is 7. The van der Waals surface area contributed by atoms with Gasteiger partial charge in [0.1, 0.15) is 11.4 Å². The molecule has 2 aromatic rings. The molecule has 148 valence electrons. The second-order valence-electron chi connectivity index (χ2n) is 6.13. The summed E-state index contributed by atoms with van der Waals surface area (Å²) in [7, 11) is 0. The number of nitrogens with two attached hydrogens (primary N) is 1. The third kappa shape index (κ3) is 4.75. The number of nitro groups is 1. The molecule has 1 aliphatic heterocycles. The van der Waals surface area contributed by atoms with Gasteiger partial charge < -0.3 is 15.8 Å². The summed E-state index contributed by atoms with van der Waals surface area (Å²) in [5.41, 5.74) is 6.25. The van der Waals surface area contributed by atoms with Crippen LogP contribution in [-0.2, 0) is 16.1 Å². The van der Waals surface area contributed by atoms with Crippen LogP contribution in [0, 0.1) is 10.1 Å². The minimum Gasteiger partial charge on any atom is -0.484 e. The Kier molecular flexibility index (Phi) is 5.54. The molecule has 3 rings (SSSR count). The van der Waals surface area contributed by atoms with Gasteiger partial charge in [-0.2, -0.15) is 0 Å². The summed E-state index contributed by atoms with van der Waals surface area (Å²) in [4.78, 5) is 46.6. The number of nitrogens with one attached hydrogen (secondary N) is 1. The summed E-state index contributed by atoms with van der Waals surface area (Å²) in [5.74, 6) is -0.668. The summed E-state index contributed by atoms with van der Waals surface area (Å²) in [6.45, 7) is -0.257. The first-order chi connectivity index (χ1) is 13.8. The molecule has 0 radical (unpaired) electrons. The molecular formula is C19H16N4O6. The van der Waals surface area contributed by atoms with Crippen molar-refractivity contribution < 1.29 is 24.0 Å². The predicted octanol–water partition coefficient (Wildman–Crippen LogP) is 1.55. The van der Waals surface area contributed by atoms with E-state index in [-0.39, 0.29) is 24.5 Å². The van der Waals surface area contributed by atoms with E-state index in [1.54, 1.807) is 24.3 Å². The van der Waals surface area contributed by atoms with Crippen molar-refractivity contribution in [2.75, 3.05) is 6.61 Å². The number of carbonyl (C=O) groups is 3. The van der Waals surface area contributed by atoms with Crippen LogP contribution in [0.3, 0.4) is 0 Å². The molecule has 0 aromatic heterocycles. The minimum atomic E-state index is -0.594. The van der Waals surface area contributed by atoms with Gasteiger partial charge in [0.15, 0.2) is 6.61 Å². The lowest BCUT2D eigenvalue weighted by atomic mass is 10.1. The van der Waals surface area contributed by atoms with Crippen molar-refractivity contribution in [1.29, 1.82) is 0 Å². The number of ether oxygens (including phenoxy) is 1. The number of nitro benzene ring substituents is 1. The van der Waals surface area contributed by atoms with Crippen molar-refractivity contribution >= 4 is 29.6 Å². The fourth-order valence-corrected chi connectivity index (χ4v) is 2.60. The third-order valence-electron chi connectivity index (χ3n) is 4.02. The van der Waals surface area contributed by atoms with Crippen LogP contribution in [0.15, 0.2) is 54.2 Å². The van der Waals surface area contributed by atoms with E-state index in [9.17, 15) is 24.5 Å².